The second-order valence-electron chi connectivity index (χ2n) is 3.35. The zero-order valence-corrected chi connectivity index (χ0v) is 8.69. The molecule has 3 N–H and O–H groups in total. The number of nitrogen functional groups attached to an aromatic ring is 1. The second-order valence-corrected chi connectivity index (χ2v) is 3.35. The van der Waals surface area contributed by atoms with Crippen molar-refractivity contribution in [3.8, 4) is 5.69 Å². The Balaban J connectivity index is 2.63. The van der Waals surface area contributed by atoms with Gasteiger partial charge in [0, 0.05) is 0 Å². The van der Waals surface area contributed by atoms with E-state index in [0.29, 0.717) is 10.7 Å². The Hall–Kier alpha value is -2.51. The van der Waals surface area contributed by atoms with Gasteiger partial charge in [0.05, 0.1) is 6.20 Å². The maximum Gasteiger partial charge on any atom is 0.341 e. The second kappa shape index (κ2) is 4.06. The molecule has 0 fully saturated rings. The van der Waals surface area contributed by atoms with Crippen molar-refractivity contribution in [3.05, 3.63) is 41.3 Å². The first-order valence-corrected chi connectivity index (χ1v) is 4.64. The molecule has 8 heteroatoms. The number of anilines is 1. The quantitative estimate of drug-likeness (QED) is 0.800. The number of hydrogen-bond donors (Lipinski definition) is 2. The third-order valence-electron chi connectivity index (χ3n) is 2.28. The van der Waals surface area contributed by atoms with Gasteiger partial charge in [-0.25, -0.2) is 22.6 Å². The number of rotatable bonds is 2. The van der Waals surface area contributed by atoms with Gasteiger partial charge >= 0.3 is 5.97 Å². The average Bonchev–Trinajstić information content (AvgIpc) is 2.69. The summed E-state index contributed by atoms with van der Waals surface area (Å²) in [6.07, 6.45) is 0.887. The van der Waals surface area contributed by atoms with Crippen LogP contribution in [-0.4, -0.2) is 20.9 Å². The summed E-state index contributed by atoms with van der Waals surface area (Å²) in [6, 6.07) is 1.60. The number of hydrogen-bond acceptors (Lipinski definition) is 3. The van der Waals surface area contributed by atoms with Crippen molar-refractivity contribution in [1.82, 2.24) is 9.78 Å². The zero-order valence-electron chi connectivity index (χ0n) is 8.69. The van der Waals surface area contributed by atoms with E-state index in [-0.39, 0.29) is 11.4 Å². The summed E-state index contributed by atoms with van der Waals surface area (Å²) in [4.78, 5) is 10.7. The third-order valence-corrected chi connectivity index (χ3v) is 2.28. The molecule has 0 saturated heterocycles. The van der Waals surface area contributed by atoms with Gasteiger partial charge in [-0.15, -0.1) is 0 Å². The van der Waals surface area contributed by atoms with E-state index in [1.807, 2.05) is 0 Å². The lowest BCUT2D eigenvalue weighted by atomic mass is 10.2. The van der Waals surface area contributed by atoms with Gasteiger partial charge in [0.2, 0.25) is 0 Å². The first-order valence-electron chi connectivity index (χ1n) is 4.64. The molecule has 0 aliphatic carbocycles. The molecule has 0 unspecified atom stereocenters. The highest BCUT2D eigenvalue weighted by Crippen LogP contribution is 2.22. The molecule has 0 atom stereocenters. The van der Waals surface area contributed by atoms with Crippen LogP contribution in [0.2, 0.25) is 0 Å². The summed E-state index contributed by atoms with van der Waals surface area (Å²) >= 11 is 0. The average molecular weight is 257 g/mol. The number of carbonyl (C=O) groups is 1. The molecule has 0 aliphatic heterocycles. The van der Waals surface area contributed by atoms with Crippen LogP contribution < -0.4 is 5.73 Å². The van der Waals surface area contributed by atoms with Crippen molar-refractivity contribution in [2.45, 2.75) is 0 Å². The fourth-order valence-corrected chi connectivity index (χ4v) is 1.39. The normalized spacial score (nSPS) is 10.6. The molecular weight excluding hydrogens is 251 g/mol. The fraction of sp³-hybridized carbons (Fsp3) is 0. The van der Waals surface area contributed by atoms with E-state index in [2.05, 4.69) is 5.10 Å². The molecule has 5 nitrogen and oxygen atoms in total. The van der Waals surface area contributed by atoms with E-state index >= 15 is 0 Å². The predicted octanol–water partition coefficient (Wildman–Crippen LogP) is 1.57. The van der Waals surface area contributed by atoms with Gasteiger partial charge in [0.15, 0.2) is 17.5 Å². The molecule has 0 spiro atoms. The first-order chi connectivity index (χ1) is 8.43. The summed E-state index contributed by atoms with van der Waals surface area (Å²) in [6.45, 7) is 0. The molecular formula is C10H6F3N3O2. The van der Waals surface area contributed by atoms with E-state index in [0.717, 1.165) is 12.3 Å². The van der Waals surface area contributed by atoms with Crippen LogP contribution in [0.3, 0.4) is 0 Å². The summed E-state index contributed by atoms with van der Waals surface area (Å²) in [7, 11) is 0. The van der Waals surface area contributed by atoms with Gasteiger partial charge in [0.1, 0.15) is 17.1 Å². The number of carboxylic acid groups (broad SMARTS) is 1. The Morgan fingerprint density at radius 3 is 2.50 bits per heavy atom. The van der Waals surface area contributed by atoms with Crippen LogP contribution in [0.1, 0.15) is 10.4 Å². The molecule has 2 rings (SSSR count). The number of halogens is 3. The van der Waals surface area contributed by atoms with Crippen LogP contribution in [0.15, 0.2) is 18.3 Å². The van der Waals surface area contributed by atoms with Crippen molar-refractivity contribution in [2.24, 2.45) is 0 Å². The lowest BCUT2D eigenvalue weighted by molar-refractivity contribution is 0.0698. The van der Waals surface area contributed by atoms with Gasteiger partial charge in [-0.2, -0.15) is 5.10 Å². The van der Waals surface area contributed by atoms with Gasteiger partial charge in [-0.3, -0.25) is 0 Å². The lowest BCUT2D eigenvalue weighted by Crippen LogP contribution is -2.08. The van der Waals surface area contributed by atoms with E-state index in [1.54, 1.807) is 0 Å². The Labute approximate surface area is 98.3 Å². The maximum atomic E-state index is 13.5. The number of aromatic nitrogens is 2. The van der Waals surface area contributed by atoms with Gasteiger partial charge in [0.25, 0.3) is 0 Å². The highest BCUT2D eigenvalue weighted by atomic mass is 19.2. The molecule has 1 aromatic heterocycles. The van der Waals surface area contributed by atoms with Crippen LogP contribution in [0.4, 0.5) is 19.0 Å². The summed E-state index contributed by atoms with van der Waals surface area (Å²) < 4.78 is 39.9. The van der Waals surface area contributed by atoms with Crippen molar-refractivity contribution < 1.29 is 23.1 Å². The molecule has 0 bridgehead atoms. The van der Waals surface area contributed by atoms with Gasteiger partial charge < -0.3 is 10.8 Å². The minimum Gasteiger partial charge on any atom is -0.477 e. The predicted molar refractivity (Wildman–Crippen MR) is 54.8 cm³/mol. The van der Waals surface area contributed by atoms with E-state index < -0.39 is 29.1 Å². The van der Waals surface area contributed by atoms with Crippen LogP contribution in [0.25, 0.3) is 5.69 Å². The molecule has 2 aromatic rings. The minimum atomic E-state index is -1.68. The van der Waals surface area contributed by atoms with Gasteiger partial charge in [-0.1, -0.05) is 0 Å². The monoisotopic (exact) mass is 257 g/mol. The molecule has 1 aromatic carbocycles. The fourth-order valence-electron chi connectivity index (χ4n) is 1.39. The molecule has 18 heavy (non-hydrogen) atoms. The SMILES string of the molecule is Nc1c(C(=O)O)cnn1-c1ccc(F)c(F)c1F. The first kappa shape index (κ1) is 12.0. The molecule has 0 aliphatic rings. The number of aromatic carboxylic acids is 1. The Morgan fingerprint density at radius 2 is 1.94 bits per heavy atom. The number of carboxylic acids is 1. The molecule has 94 valence electrons. The number of nitrogens with two attached hydrogens (primary N) is 1. The smallest absolute Gasteiger partial charge is 0.341 e. The highest BCUT2D eigenvalue weighted by Gasteiger charge is 2.20. The maximum absolute atomic E-state index is 13.5. The van der Waals surface area contributed by atoms with Crippen LogP contribution in [0.5, 0.6) is 0 Å². The number of nitrogens with zero attached hydrogens (tertiary/aromatic N) is 2. The standard InChI is InChI=1S/C10H6F3N3O2/c11-5-1-2-6(8(13)7(5)12)16-9(14)4(3-15-16)10(17)18/h1-3H,14H2,(H,17,18). The Kier molecular flexibility index (Phi) is 2.70. The van der Waals surface area contributed by atoms with Gasteiger partial charge in [-0.05, 0) is 12.1 Å². The van der Waals surface area contributed by atoms with E-state index in [1.165, 1.54) is 0 Å². The van der Waals surface area contributed by atoms with E-state index in [9.17, 15) is 18.0 Å². The summed E-state index contributed by atoms with van der Waals surface area (Å²) in [5.41, 5.74) is 4.59. The van der Waals surface area contributed by atoms with Crippen LogP contribution >= 0.6 is 0 Å². The topological polar surface area (TPSA) is 81.1 Å². The van der Waals surface area contributed by atoms with E-state index in [4.69, 9.17) is 10.8 Å². The Morgan fingerprint density at radius 1 is 1.28 bits per heavy atom. The van der Waals surface area contributed by atoms with Crippen molar-refractivity contribution in [1.29, 1.82) is 0 Å². The zero-order chi connectivity index (χ0) is 13.4. The van der Waals surface area contributed by atoms with Crippen molar-refractivity contribution in [3.63, 3.8) is 0 Å². The molecule has 0 radical (unpaired) electrons. The number of benzene rings is 1. The summed E-state index contributed by atoms with van der Waals surface area (Å²) in [5.74, 6) is -6.28. The molecule has 1 heterocycles. The van der Waals surface area contributed by atoms with Crippen molar-refractivity contribution in [2.75, 3.05) is 5.73 Å². The van der Waals surface area contributed by atoms with Crippen LogP contribution in [0, 0.1) is 17.5 Å². The Bertz CT molecular complexity index is 640. The highest BCUT2D eigenvalue weighted by molar-refractivity contribution is 5.92. The third kappa shape index (κ3) is 1.67. The largest absolute Gasteiger partial charge is 0.477 e. The van der Waals surface area contributed by atoms with Crippen molar-refractivity contribution >= 4 is 11.8 Å². The lowest BCUT2D eigenvalue weighted by Gasteiger charge is -2.06. The molecule has 0 saturated carbocycles. The molecule has 0 amide bonds. The minimum absolute atomic E-state index is 0.362. The van der Waals surface area contributed by atoms with Crippen LogP contribution in [-0.2, 0) is 0 Å². The summed E-state index contributed by atoms with van der Waals surface area (Å²) in [5, 5.41) is 12.3.